The monoisotopic (exact) mass is 292 g/mol. The van der Waals surface area contributed by atoms with Gasteiger partial charge in [-0.25, -0.2) is 0 Å². The SMILES string of the molecule is CNc1nc(Cl)nc(Nc2ccc(C)c(N(C)C)c2)n1. The molecular weight excluding hydrogens is 276 g/mol. The molecule has 2 aromatic rings. The molecule has 0 aliphatic carbocycles. The number of nitrogens with one attached hydrogen (secondary N) is 2. The number of hydrogen-bond donors (Lipinski definition) is 2. The minimum Gasteiger partial charge on any atom is -0.377 e. The lowest BCUT2D eigenvalue weighted by molar-refractivity contribution is 1.05. The van der Waals surface area contributed by atoms with Crippen molar-refractivity contribution in [3.05, 3.63) is 29.0 Å². The van der Waals surface area contributed by atoms with Gasteiger partial charge in [0.25, 0.3) is 0 Å². The van der Waals surface area contributed by atoms with Crippen LogP contribution in [0.1, 0.15) is 5.56 Å². The second kappa shape index (κ2) is 5.92. The number of aryl methyl sites for hydroxylation is 1. The highest BCUT2D eigenvalue weighted by molar-refractivity contribution is 6.28. The second-order valence-electron chi connectivity index (χ2n) is 4.52. The fraction of sp³-hybridized carbons (Fsp3) is 0.308. The number of halogens is 1. The molecule has 0 fully saturated rings. The summed E-state index contributed by atoms with van der Waals surface area (Å²) < 4.78 is 0. The summed E-state index contributed by atoms with van der Waals surface area (Å²) in [7, 11) is 5.74. The van der Waals surface area contributed by atoms with Gasteiger partial charge in [-0.3, -0.25) is 0 Å². The van der Waals surface area contributed by atoms with E-state index in [0.717, 1.165) is 11.4 Å². The van der Waals surface area contributed by atoms with Gasteiger partial charge in [0.15, 0.2) is 0 Å². The molecule has 0 bridgehead atoms. The summed E-state index contributed by atoms with van der Waals surface area (Å²) in [4.78, 5) is 14.2. The molecule has 0 saturated heterocycles. The highest BCUT2D eigenvalue weighted by atomic mass is 35.5. The first-order valence-corrected chi connectivity index (χ1v) is 6.51. The van der Waals surface area contributed by atoms with Gasteiger partial charge in [0.1, 0.15) is 0 Å². The average Bonchev–Trinajstić information content (AvgIpc) is 2.40. The third-order valence-corrected chi connectivity index (χ3v) is 2.95. The molecule has 106 valence electrons. The smallest absolute Gasteiger partial charge is 0.233 e. The maximum absolute atomic E-state index is 5.85. The molecule has 0 aliphatic heterocycles. The molecular formula is C13H17ClN6. The van der Waals surface area contributed by atoms with Crippen LogP contribution in [0, 0.1) is 6.92 Å². The van der Waals surface area contributed by atoms with E-state index in [1.807, 2.05) is 32.3 Å². The lowest BCUT2D eigenvalue weighted by Crippen LogP contribution is -2.10. The predicted molar refractivity (Wildman–Crippen MR) is 83.2 cm³/mol. The molecule has 7 heteroatoms. The van der Waals surface area contributed by atoms with E-state index >= 15 is 0 Å². The predicted octanol–water partition coefficient (Wildman–Crippen LogP) is 2.68. The van der Waals surface area contributed by atoms with E-state index in [4.69, 9.17) is 11.6 Å². The number of hydrogen-bond acceptors (Lipinski definition) is 6. The first kappa shape index (κ1) is 14.3. The molecule has 1 aromatic heterocycles. The van der Waals surface area contributed by atoms with E-state index in [0.29, 0.717) is 11.9 Å². The van der Waals surface area contributed by atoms with Crippen molar-refractivity contribution in [3.63, 3.8) is 0 Å². The average molecular weight is 293 g/mol. The first-order chi connectivity index (χ1) is 9.49. The Kier molecular flexibility index (Phi) is 4.24. The molecule has 0 radical (unpaired) electrons. The van der Waals surface area contributed by atoms with Crippen LogP contribution in [0.25, 0.3) is 0 Å². The van der Waals surface area contributed by atoms with Gasteiger partial charge in [0, 0.05) is 32.5 Å². The van der Waals surface area contributed by atoms with Crippen molar-refractivity contribution in [2.75, 3.05) is 36.7 Å². The summed E-state index contributed by atoms with van der Waals surface area (Å²) in [6.07, 6.45) is 0. The molecule has 0 atom stereocenters. The normalized spacial score (nSPS) is 10.2. The van der Waals surface area contributed by atoms with Crippen LogP contribution in [-0.2, 0) is 0 Å². The van der Waals surface area contributed by atoms with Crippen molar-refractivity contribution in [2.24, 2.45) is 0 Å². The molecule has 2 N–H and O–H groups in total. The number of rotatable bonds is 4. The van der Waals surface area contributed by atoms with Gasteiger partial charge in [0.2, 0.25) is 17.2 Å². The fourth-order valence-electron chi connectivity index (χ4n) is 1.82. The minimum atomic E-state index is 0.145. The van der Waals surface area contributed by atoms with E-state index in [2.05, 4.69) is 37.4 Å². The molecule has 0 spiro atoms. The molecule has 20 heavy (non-hydrogen) atoms. The van der Waals surface area contributed by atoms with Crippen LogP contribution in [0.15, 0.2) is 18.2 Å². The van der Waals surface area contributed by atoms with Gasteiger partial charge in [-0.1, -0.05) is 6.07 Å². The van der Waals surface area contributed by atoms with Crippen molar-refractivity contribution in [2.45, 2.75) is 6.92 Å². The number of benzene rings is 1. The van der Waals surface area contributed by atoms with Crippen LogP contribution in [0.4, 0.5) is 23.3 Å². The Labute approximate surface area is 123 Å². The Hall–Kier alpha value is -2.08. The summed E-state index contributed by atoms with van der Waals surface area (Å²) in [5, 5.41) is 6.11. The van der Waals surface area contributed by atoms with Crippen LogP contribution < -0.4 is 15.5 Å². The topological polar surface area (TPSA) is 66.0 Å². The number of anilines is 4. The van der Waals surface area contributed by atoms with Crippen LogP contribution in [-0.4, -0.2) is 36.1 Å². The van der Waals surface area contributed by atoms with Crippen LogP contribution in [0.3, 0.4) is 0 Å². The summed E-state index contributed by atoms with van der Waals surface area (Å²) in [5.41, 5.74) is 3.22. The zero-order valence-electron chi connectivity index (χ0n) is 11.9. The zero-order valence-corrected chi connectivity index (χ0v) is 12.7. The van der Waals surface area contributed by atoms with Crippen molar-refractivity contribution in [3.8, 4) is 0 Å². The van der Waals surface area contributed by atoms with Crippen LogP contribution >= 0.6 is 11.6 Å². The number of nitrogens with zero attached hydrogens (tertiary/aromatic N) is 4. The molecule has 6 nitrogen and oxygen atoms in total. The van der Waals surface area contributed by atoms with Gasteiger partial charge in [-0.15, -0.1) is 0 Å². The van der Waals surface area contributed by atoms with Gasteiger partial charge in [-0.2, -0.15) is 15.0 Å². The molecule has 2 rings (SSSR count). The van der Waals surface area contributed by atoms with Gasteiger partial charge in [0.05, 0.1) is 0 Å². The van der Waals surface area contributed by atoms with Crippen LogP contribution in [0.2, 0.25) is 5.28 Å². The standard InChI is InChI=1S/C13H17ClN6/c1-8-5-6-9(7-10(8)20(3)4)16-13-18-11(14)17-12(15-2)19-13/h5-7H,1-4H3,(H2,15,16,17,18,19). The van der Waals surface area contributed by atoms with Crippen molar-refractivity contribution in [1.29, 1.82) is 0 Å². The van der Waals surface area contributed by atoms with Crippen molar-refractivity contribution in [1.82, 2.24) is 15.0 Å². The summed E-state index contributed by atoms with van der Waals surface area (Å²) in [5.74, 6) is 0.829. The molecule has 1 aromatic carbocycles. The maximum atomic E-state index is 5.85. The highest BCUT2D eigenvalue weighted by Crippen LogP contribution is 2.24. The lowest BCUT2D eigenvalue weighted by Gasteiger charge is -2.17. The Morgan fingerprint density at radius 2 is 1.80 bits per heavy atom. The largest absolute Gasteiger partial charge is 0.377 e. The summed E-state index contributed by atoms with van der Waals surface area (Å²) >= 11 is 5.85. The van der Waals surface area contributed by atoms with Crippen LogP contribution in [0.5, 0.6) is 0 Å². The summed E-state index contributed by atoms with van der Waals surface area (Å²) in [6.45, 7) is 2.07. The molecule has 0 aliphatic rings. The van der Waals surface area contributed by atoms with Crippen molar-refractivity contribution >= 4 is 34.9 Å². The Bertz CT molecular complexity index is 614. The van der Waals surface area contributed by atoms with E-state index in [1.165, 1.54) is 5.56 Å². The van der Waals surface area contributed by atoms with Gasteiger partial charge in [-0.05, 0) is 36.2 Å². The third kappa shape index (κ3) is 3.27. The summed E-state index contributed by atoms with van der Waals surface area (Å²) in [6, 6.07) is 6.05. The fourth-order valence-corrected chi connectivity index (χ4v) is 1.98. The highest BCUT2D eigenvalue weighted by Gasteiger charge is 2.06. The van der Waals surface area contributed by atoms with E-state index < -0.39 is 0 Å². The Morgan fingerprint density at radius 1 is 1.10 bits per heavy atom. The Balaban J connectivity index is 2.30. The van der Waals surface area contributed by atoms with Gasteiger partial charge < -0.3 is 15.5 Å². The second-order valence-corrected chi connectivity index (χ2v) is 4.86. The van der Waals surface area contributed by atoms with E-state index in [9.17, 15) is 0 Å². The van der Waals surface area contributed by atoms with Gasteiger partial charge >= 0.3 is 0 Å². The third-order valence-electron chi connectivity index (χ3n) is 2.78. The quantitative estimate of drug-likeness (QED) is 0.903. The van der Waals surface area contributed by atoms with Crippen molar-refractivity contribution < 1.29 is 0 Å². The van der Waals surface area contributed by atoms with E-state index in [1.54, 1.807) is 7.05 Å². The molecule has 0 amide bonds. The molecule has 1 heterocycles. The lowest BCUT2D eigenvalue weighted by atomic mass is 10.1. The van der Waals surface area contributed by atoms with E-state index in [-0.39, 0.29) is 5.28 Å². The minimum absolute atomic E-state index is 0.145. The zero-order chi connectivity index (χ0) is 14.7. The number of aromatic nitrogens is 3. The Morgan fingerprint density at radius 3 is 2.45 bits per heavy atom. The molecule has 0 unspecified atom stereocenters. The molecule has 0 saturated carbocycles. The maximum Gasteiger partial charge on any atom is 0.233 e. The first-order valence-electron chi connectivity index (χ1n) is 6.14.